The molecule has 146 valence electrons. The summed E-state index contributed by atoms with van der Waals surface area (Å²) in [4.78, 5) is 25.7. The molecule has 0 aliphatic rings. The Morgan fingerprint density at radius 2 is 1.90 bits per heavy atom. The van der Waals surface area contributed by atoms with E-state index in [4.69, 9.17) is 0 Å². The molecule has 0 radical (unpaired) electrons. The van der Waals surface area contributed by atoms with Crippen LogP contribution in [0.25, 0.3) is 20.7 Å². The Morgan fingerprint density at radius 1 is 1.07 bits per heavy atom. The zero-order valence-electron chi connectivity index (χ0n) is 16.3. The summed E-state index contributed by atoms with van der Waals surface area (Å²) in [7, 11) is 0. The van der Waals surface area contributed by atoms with Gasteiger partial charge in [-0.15, -0.1) is 11.3 Å². The Morgan fingerprint density at radius 3 is 2.66 bits per heavy atom. The molecule has 6 heteroatoms. The lowest BCUT2D eigenvalue weighted by atomic mass is 10.2. The third kappa shape index (κ3) is 4.33. The van der Waals surface area contributed by atoms with Crippen LogP contribution < -0.4 is 4.90 Å². The van der Waals surface area contributed by atoms with Gasteiger partial charge >= 0.3 is 0 Å². The first kappa shape index (κ1) is 19.6. The number of amides is 1. The lowest BCUT2D eigenvalue weighted by molar-refractivity contribution is -0.116. The van der Waals surface area contributed by atoms with Crippen molar-refractivity contribution >= 4 is 44.9 Å². The topological polar surface area (TPSA) is 46.1 Å². The van der Waals surface area contributed by atoms with E-state index in [9.17, 15) is 4.79 Å². The fraction of sp³-hybridized carbons (Fsp3) is 0.174. The molecule has 0 unspecified atom stereocenters. The quantitative estimate of drug-likeness (QED) is 0.292. The predicted octanol–water partition coefficient (Wildman–Crippen LogP) is 5.81. The number of aryl methyl sites for hydroxylation is 1. The van der Waals surface area contributed by atoms with Crippen LogP contribution in [-0.4, -0.2) is 28.2 Å². The number of aromatic nitrogens is 2. The summed E-state index contributed by atoms with van der Waals surface area (Å²) in [6.07, 6.45) is 1.58. The SMILES string of the molecule is CCN(C(=O)CSc1ncnc2sc(-c3ccccc3)cc12)c1cccc(C)c1. The van der Waals surface area contributed by atoms with Crippen LogP contribution in [0.4, 0.5) is 5.69 Å². The highest BCUT2D eigenvalue weighted by atomic mass is 32.2. The van der Waals surface area contributed by atoms with Crippen LogP contribution in [0.3, 0.4) is 0 Å². The molecule has 0 fully saturated rings. The van der Waals surface area contributed by atoms with Crippen molar-refractivity contribution in [2.75, 3.05) is 17.2 Å². The molecule has 29 heavy (non-hydrogen) atoms. The van der Waals surface area contributed by atoms with E-state index in [-0.39, 0.29) is 5.91 Å². The summed E-state index contributed by atoms with van der Waals surface area (Å²) in [5.41, 5.74) is 3.25. The van der Waals surface area contributed by atoms with Gasteiger partial charge in [0.15, 0.2) is 0 Å². The molecule has 0 spiro atoms. The molecule has 0 atom stereocenters. The summed E-state index contributed by atoms with van der Waals surface area (Å²) in [6.45, 7) is 4.67. The van der Waals surface area contributed by atoms with Gasteiger partial charge in [0, 0.05) is 22.5 Å². The van der Waals surface area contributed by atoms with E-state index in [1.807, 2.05) is 61.2 Å². The fourth-order valence-electron chi connectivity index (χ4n) is 3.20. The van der Waals surface area contributed by atoms with Crippen LogP contribution >= 0.6 is 23.1 Å². The van der Waals surface area contributed by atoms with Crippen molar-refractivity contribution in [2.45, 2.75) is 18.9 Å². The minimum atomic E-state index is 0.0772. The van der Waals surface area contributed by atoms with E-state index in [1.54, 1.807) is 17.7 Å². The van der Waals surface area contributed by atoms with E-state index in [2.05, 4.69) is 28.2 Å². The van der Waals surface area contributed by atoms with Gasteiger partial charge in [-0.25, -0.2) is 9.97 Å². The first-order valence-electron chi connectivity index (χ1n) is 9.45. The number of rotatable bonds is 6. The maximum atomic E-state index is 12.9. The monoisotopic (exact) mass is 419 g/mol. The number of hydrogen-bond donors (Lipinski definition) is 0. The van der Waals surface area contributed by atoms with Crippen molar-refractivity contribution in [1.82, 2.24) is 9.97 Å². The lowest BCUT2D eigenvalue weighted by Gasteiger charge is -2.21. The maximum absolute atomic E-state index is 12.9. The molecular weight excluding hydrogens is 398 g/mol. The third-order valence-corrected chi connectivity index (χ3v) is 6.70. The maximum Gasteiger partial charge on any atom is 0.237 e. The van der Waals surface area contributed by atoms with Crippen LogP contribution in [0, 0.1) is 6.92 Å². The largest absolute Gasteiger partial charge is 0.312 e. The first-order chi connectivity index (χ1) is 14.2. The zero-order valence-corrected chi connectivity index (χ0v) is 18.0. The number of carbonyl (C=O) groups is 1. The Bertz CT molecular complexity index is 1140. The number of nitrogens with zero attached hydrogens (tertiary/aromatic N) is 3. The number of anilines is 1. The molecule has 0 aliphatic heterocycles. The normalized spacial score (nSPS) is 11.0. The molecule has 4 aromatic rings. The van der Waals surface area contributed by atoms with Gasteiger partial charge in [0.2, 0.25) is 5.91 Å². The van der Waals surface area contributed by atoms with Crippen molar-refractivity contribution in [1.29, 1.82) is 0 Å². The highest BCUT2D eigenvalue weighted by Crippen LogP contribution is 2.36. The minimum Gasteiger partial charge on any atom is -0.312 e. The zero-order chi connectivity index (χ0) is 20.2. The van der Waals surface area contributed by atoms with Crippen LogP contribution in [0.15, 0.2) is 72.0 Å². The van der Waals surface area contributed by atoms with E-state index in [0.717, 1.165) is 31.4 Å². The van der Waals surface area contributed by atoms with Crippen LogP contribution in [-0.2, 0) is 4.79 Å². The summed E-state index contributed by atoms with van der Waals surface area (Å²) in [5.74, 6) is 0.415. The molecule has 1 amide bonds. The number of thioether (sulfide) groups is 1. The molecule has 2 aromatic carbocycles. The second-order valence-electron chi connectivity index (χ2n) is 6.64. The van der Waals surface area contributed by atoms with E-state index < -0.39 is 0 Å². The summed E-state index contributed by atoms with van der Waals surface area (Å²) < 4.78 is 0. The number of carbonyl (C=O) groups excluding carboxylic acids is 1. The van der Waals surface area contributed by atoms with Crippen molar-refractivity contribution in [3.8, 4) is 10.4 Å². The Hall–Kier alpha value is -2.70. The minimum absolute atomic E-state index is 0.0772. The molecule has 0 saturated carbocycles. The Balaban J connectivity index is 1.55. The van der Waals surface area contributed by atoms with E-state index >= 15 is 0 Å². The summed E-state index contributed by atoms with van der Waals surface area (Å²) >= 11 is 3.12. The number of fused-ring (bicyclic) bond motifs is 1. The molecule has 0 bridgehead atoms. The van der Waals surface area contributed by atoms with Gasteiger partial charge in [0.05, 0.1) is 5.75 Å². The van der Waals surface area contributed by atoms with Crippen LogP contribution in [0.1, 0.15) is 12.5 Å². The average Bonchev–Trinajstić information content (AvgIpc) is 3.18. The lowest BCUT2D eigenvalue weighted by Crippen LogP contribution is -2.32. The van der Waals surface area contributed by atoms with Gasteiger partial charge in [-0.1, -0.05) is 54.2 Å². The van der Waals surface area contributed by atoms with Gasteiger partial charge in [-0.05, 0) is 43.2 Å². The molecule has 0 aliphatic carbocycles. The predicted molar refractivity (Wildman–Crippen MR) is 123 cm³/mol. The smallest absolute Gasteiger partial charge is 0.237 e. The standard InChI is InChI=1S/C23H21N3OS2/c1-3-26(18-11-7-8-16(2)12-18)21(27)14-28-22-19-13-20(17-9-5-4-6-10-17)29-23(19)25-15-24-22/h4-13,15H,3,14H2,1-2H3. The Labute approximate surface area is 178 Å². The molecular formula is C23H21N3OS2. The van der Waals surface area contributed by atoms with Crippen molar-refractivity contribution in [3.05, 3.63) is 72.6 Å². The number of benzene rings is 2. The second kappa shape index (κ2) is 8.76. The van der Waals surface area contributed by atoms with Gasteiger partial charge in [-0.3, -0.25) is 4.79 Å². The third-order valence-electron chi connectivity index (χ3n) is 4.61. The van der Waals surface area contributed by atoms with Gasteiger partial charge in [0.1, 0.15) is 16.2 Å². The first-order valence-corrected chi connectivity index (χ1v) is 11.3. The van der Waals surface area contributed by atoms with Crippen LogP contribution in [0.2, 0.25) is 0 Å². The van der Waals surface area contributed by atoms with E-state index in [1.165, 1.54) is 17.3 Å². The van der Waals surface area contributed by atoms with Gasteiger partial charge < -0.3 is 4.90 Å². The molecule has 2 aromatic heterocycles. The van der Waals surface area contributed by atoms with E-state index in [0.29, 0.717) is 12.3 Å². The van der Waals surface area contributed by atoms with Crippen LogP contribution in [0.5, 0.6) is 0 Å². The molecule has 0 N–H and O–H groups in total. The highest BCUT2D eigenvalue weighted by Gasteiger charge is 2.17. The molecule has 2 heterocycles. The highest BCUT2D eigenvalue weighted by molar-refractivity contribution is 8.00. The second-order valence-corrected chi connectivity index (χ2v) is 8.63. The fourth-order valence-corrected chi connectivity index (χ4v) is 5.12. The average molecular weight is 420 g/mol. The summed E-state index contributed by atoms with van der Waals surface area (Å²) in [6, 6.07) is 20.4. The van der Waals surface area contributed by atoms with Gasteiger partial charge in [0.25, 0.3) is 0 Å². The number of thiophene rings is 1. The van der Waals surface area contributed by atoms with Crippen molar-refractivity contribution in [3.63, 3.8) is 0 Å². The van der Waals surface area contributed by atoms with Crippen molar-refractivity contribution in [2.24, 2.45) is 0 Å². The molecule has 0 saturated heterocycles. The van der Waals surface area contributed by atoms with Crippen molar-refractivity contribution < 1.29 is 4.79 Å². The van der Waals surface area contributed by atoms with Gasteiger partial charge in [-0.2, -0.15) is 0 Å². The Kier molecular flexibility index (Phi) is 5.92. The number of hydrogen-bond acceptors (Lipinski definition) is 5. The molecule has 4 nitrogen and oxygen atoms in total. The molecule has 4 rings (SSSR count). The summed E-state index contributed by atoms with van der Waals surface area (Å²) in [5, 5.41) is 1.86.